The van der Waals surface area contributed by atoms with E-state index in [0.717, 1.165) is 25.3 Å². The second-order valence-corrected chi connectivity index (χ2v) is 5.72. The van der Waals surface area contributed by atoms with Crippen LogP contribution < -0.4 is 10.5 Å². The molecule has 3 N–H and O–H groups in total. The van der Waals surface area contributed by atoms with E-state index < -0.39 is 0 Å². The monoisotopic (exact) mass is 261 g/mol. The van der Waals surface area contributed by atoms with Gasteiger partial charge in [0, 0.05) is 19.5 Å². The predicted molar refractivity (Wildman–Crippen MR) is 77.5 cm³/mol. The first-order chi connectivity index (χ1) is 9.03. The zero-order chi connectivity index (χ0) is 13.9. The van der Waals surface area contributed by atoms with Gasteiger partial charge in [-0.2, -0.15) is 0 Å². The molecule has 1 saturated carbocycles. The average molecular weight is 261 g/mol. The van der Waals surface area contributed by atoms with Crippen LogP contribution in [0.15, 0.2) is 24.3 Å². The summed E-state index contributed by atoms with van der Waals surface area (Å²) in [5, 5.41) is 7.45. The van der Waals surface area contributed by atoms with Crippen molar-refractivity contribution < 1.29 is 4.74 Å². The number of nitrogens with two attached hydrogens (primary N) is 1. The van der Waals surface area contributed by atoms with Crippen molar-refractivity contribution in [2.45, 2.75) is 25.8 Å². The second-order valence-electron chi connectivity index (χ2n) is 5.72. The van der Waals surface area contributed by atoms with Crippen molar-refractivity contribution in [2.75, 3.05) is 20.7 Å². The van der Waals surface area contributed by atoms with Gasteiger partial charge in [-0.3, -0.25) is 5.41 Å². The Balaban J connectivity index is 1.86. The number of hydrogen-bond acceptors (Lipinski definition) is 3. The maximum atomic E-state index is 7.45. The summed E-state index contributed by atoms with van der Waals surface area (Å²) in [5.41, 5.74) is 7.08. The minimum absolute atomic E-state index is 0.271. The van der Waals surface area contributed by atoms with Gasteiger partial charge in [-0.15, -0.1) is 0 Å². The lowest BCUT2D eigenvalue weighted by Crippen LogP contribution is -2.29. The van der Waals surface area contributed by atoms with E-state index in [9.17, 15) is 0 Å². The van der Waals surface area contributed by atoms with Crippen LogP contribution in [0.1, 0.15) is 24.8 Å². The molecule has 0 atom stereocenters. The van der Waals surface area contributed by atoms with Gasteiger partial charge < -0.3 is 15.4 Å². The van der Waals surface area contributed by atoms with Gasteiger partial charge in [0.05, 0.1) is 12.9 Å². The van der Waals surface area contributed by atoms with Crippen LogP contribution in [0.5, 0.6) is 5.75 Å². The highest BCUT2D eigenvalue weighted by molar-refractivity contribution is 5.78. The Labute approximate surface area is 115 Å². The molecule has 1 aliphatic carbocycles. The third-order valence-electron chi connectivity index (χ3n) is 3.74. The number of benzene rings is 1. The molecule has 1 aliphatic rings. The highest BCUT2D eigenvalue weighted by Gasteiger charge is 2.43. The molecular formula is C15H23N3O. The van der Waals surface area contributed by atoms with E-state index in [2.05, 4.69) is 24.1 Å². The van der Waals surface area contributed by atoms with Gasteiger partial charge in [-0.05, 0) is 43.0 Å². The van der Waals surface area contributed by atoms with Crippen molar-refractivity contribution >= 4 is 5.84 Å². The lowest BCUT2D eigenvalue weighted by atomic mass is 10.0. The topological polar surface area (TPSA) is 62.3 Å². The van der Waals surface area contributed by atoms with Gasteiger partial charge in [0.2, 0.25) is 0 Å². The van der Waals surface area contributed by atoms with Gasteiger partial charge in [0.15, 0.2) is 0 Å². The molecule has 19 heavy (non-hydrogen) atoms. The summed E-state index contributed by atoms with van der Waals surface area (Å²) in [7, 11) is 3.81. The Morgan fingerprint density at radius 3 is 2.47 bits per heavy atom. The molecule has 0 heterocycles. The Kier molecular flexibility index (Phi) is 4.10. The second kappa shape index (κ2) is 5.61. The van der Waals surface area contributed by atoms with Gasteiger partial charge in [0.25, 0.3) is 0 Å². The molecule has 1 aromatic rings. The SMILES string of the molecule is COc1ccc(CN(C)CC2(CC(=N)N)CC2)cc1. The van der Waals surface area contributed by atoms with Crippen LogP contribution in [0.2, 0.25) is 0 Å². The summed E-state index contributed by atoms with van der Waals surface area (Å²) in [6.07, 6.45) is 3.12. The Hall–Kier alpha value is -1.55. The molecule has 2 rings (SSSR count). The molecule has 1 aromatic carbocycles. The molecule has 4 nitrogen and oxygen atoms in total. The summed E-state index contributed by atoms with van der Waals surface area (Å²) in [4.78, 5) is 2.32. The van der Waals surface area contributed by atoms with Crippen LogP contribution in [-0.4, -0.2) is 31.4 Å². The number of nitrogens with one attached hydrogen (secondary N) is 1. The highest BCUT2D eigenvalue weighted by atomic mass is 16.5. The lowest BCUT2D eigenvalue weighted by Gasteiger charge is -2.23. The zero-order valence-corrected chi connectivity index (χ0v) is 11.8. The minimum atomic E-state index is 0.271. The molecule has 0 spiro atoms. The summed E-state index contributed by atoms with van der Waals surface area (Å²) >= 11 is 0. The fourth-order valence-electron chi connectivity index (χ4n) is 2.64. The molecule has 0 saturated heterocycles. The lowest BCUT2D eigenvalue weighted by molar-refractivity contribution is 0.259. The summed E-state index contributed by atoms with van der Waals surface area (Å²) in [6.45, 7) is 1.93. The normalized spacial score (nSPS) is 16.4. The molecule has 104 valence electrons. The first-order valence-corrected chi connectivity index (χ1v) is 6.67. The van der Waals surface area contributed by atoms with Crippen LogP contribution in [-0.2, 0) is 6.54 Å². The summed E-state index contributed by atoms with van der Waals surface area (Å²) < 4.78 is 5.16. The van der Waals surface area contributed by atoms with Gasteiger partial charge >= 0.3 is 0 Å². The highest BCUT2D eigenvalue weighted by Crippen LogP contribution is 2.49. The van der Waals surface area contributed by atoms with Crippen LogP contribution in [0.4, 0.5) is 0 Å². The van der Waals surface area contributed by atoms with E-state index in [-0.39, 0.29) is 5.41 Å². The quantitative estimate of drug-likeness (QED) is 0.584. The maximum absolute atomic E-state index is 7.45. The number of nitrogens with zero attached hydrogens (tertiary/aromatic N) is 1. The predicted octanol–water partition coefficient (Wildman–Crippen LogP) is 2.23. The van der Waals surface area contributed by atoms with Crippen molar-refractivity contribution in [2.24, 2.45) is 11.1 Å². The third kappa shape index (κ3) is 3.96. The van der Waals surface area contributed by atoms with Crippen molar-refractivity contribution in [3.05, 3.63) is 29.8 Å². The first kappa shape index (κ1) is 13.9. The summed E-state index contributed by atoms with van der Waals surface area (Å²) in [5.74, 6) is 1.21. The Morgan fingerprint density at radius 1 is 1.37 bits per heavy atom. The Bertz CT molecular complexity index is 437. The van der Waals surface area contributed by atoms with E-state index in [4.69, 9.17) is 15.9 Å². The number of hydrogen-bond donors (Lipinski definition) is 2. The fourth-order valence-corrected chi connectivity index (χ4v) is 2.64. The van der Waals surface area contributed by atoms with E-state index in [1.165, 1.54) is 18.4 Å². The largest absolute Gasteiger partial charge is 0.497 e. The maximum Gasteiger partial charge on any atom is 0.118 e. The summed E-state index contributed by atoms with van der Waals surface area (Å²) in [6, 6.07) is 8.18. The van der Waals surface area contributed by atoms with E-state index in [1.807, 2.05) is 12.1 Å². The van der Waals surface area contributed by atoms with Crippen LogP contribution in [0.25, 0.3) is 0 Å². The molecule has 4 heteroatoms. The van der Waals surface area contributed by atoms with Gasteiger partial charge in [-0.1, -0.05) is 12.1 Å². The van der Waals surface area contributed by atoms with Gasteiger partial charge in [-0.25, -0.2) is 0 Å². The molecule has 0 bridgehead atoms. The Morgan fingerprint density at radius 2 is 2.00 bits per heavy atom. The smallest absolute Gasteiger partial charge is 0.118 e. The van der Waals surface area contributed by atoms with Crippen molar-refractivity contribution in [1.29, 1.82) is 5.41 Å². The molecule has 0 aromatic heterocycles. The standard InChI is InChI=1S/C15H23N3O/c1-18(11-15(7-8-15)9-14(16)17)10-12-3-5-13(19-2)6-4-12/h3-6H,7-11H2,1-2H3,(H3,16,17). The van der Waals surface area contributed by atoms with Crippen LogP contribution in [0, 0.1) is 10.8 Å². The van der Waals surface area contributed by atoms with E-state index in [1.54, 1.807) is 7.11 Å². The molecular weight excluding hydrogens is 238 g/mol. The van der Waals surface area contributed by atoms with E-state index >= 15 is 0 Å². The van der Waals surface area contributed by atoms with Crippen molar-refractivity contribution in [1.82, 2.24) is 4.90 Å². The molecule has 0 aliphatic heterocycles. The molecule has 0 radical (unpaired) electrons. The zero-order valence-electron chi connectivity index (χ0n) is 11.8. The van der Waals surface area contributed by atoms with Crippen LogP contribution >= 0.6 is 0 Å². The fraction of sp³-hybridized carbons (Fsp3) is 0.533. The number of rotatable bonds is 7. The number of amidine groups is 1. The van der Waals surface area contributed by atoms with Gasteiger partial charge in [0.1, 0.15) is 5.75 Å². The molecule has 0 unspecified atom stereocenters. The first-order valence-electron chi connectivity index (χ1n) is 6.67. The van der Waals surface area contributed by atoms with Crippen molar-refractivity contribution in [3.63, 3.8) is 0 Å². The average Bonchev–Trinajstić information content (AvgIpc) is 3.08. The van der Waals surface area contributed by atoms with Crippen molar-refractivity contribution in [3.8, 4) is 5.75 Å². The third-order valence-corrected chi connectivity index (χ3v) is 3.74. The van der Waals surface area contributed by atoms with E-state index in [0.29, 0.717) is 5.84 Å². The van der Waals surface area contributed by atoms with Crippen LogP contribution in [0.3, 0.4) is 0 Å². The number of ether oxygens (including phenoxy) is 1. The molecule has 1 fully saturated rings. The minimum Gasteiger partial charge on any atom is -0.497 e. The number of methoxy groups -OCH3 is 1. The molecule has 0 amide bonds.